The molecule has 124 valence electrons. The number of hydrogen-bond donors (Lipinski definition) is 0. The minimum absolute atomic E-state index is 0.0696. The highest BCUT2D eigenvalue weighted by Gasteiger charge is 2.48. The number of carbonyl (C=O) groups excluding carboxylic acids is 2. The van der Waals surface area contributed by atoms with Crippen molar-refractivity contribution >= 4 is 23.2 Å². The maximum absolute atomic E-state index is 12.6. The quantitative estimate of drug-likeness (QED) is 0.838. The fourth-order valence-electron chi connectivity index (χ4n) is 3.60. The van der Waals surface area contributed by atoms with Gasteiger partial charge in [-0.1, -0.05) is 0 Å². The van der Waals surface area contributed by atoms with Gasteiger partial charge in [0.15, 0.2) is 0 Å². The van der Waals surface area contributed by atoms with Gasteiger partial charge in [0, 0.05) is 30.7 Å². The summed E-state index contributed by atoms with van der Waals surface area (Å²) < 4.78 is 0. The first kappa shape index (κ1) is 15.2. The number of carbonyl (C=O) groups is 2. The molecule has 2 amide bonds. The first-order chi connectivity index (χ1) is 11.6. The molecule has 0 radical (unpaired) electrons. The Hall–Kier alpha value is -2.35. The van der Waals surface area contributed by atoms with Crippen LogP contribution in [0.2, 0.25) is 0 Å². The molecule has 0 N–H and O–H groups in total. The number of rotatable bonds is 3. The van der Waals surface area contributed by atoms with Crippen LogP contribution in [0.25, 0.3) is 0 Å². The molecule has 2 unspecified atom stereocenters. The van der Waals surface area contributed by atoms with E-state index in [2.05, 4.69) is 15.0 Å². The van der Waals surface area contributed by atoms with Crippen LogP contribution in [0.4, 0.5) is 0 Å². The third kappa shape index (κ3) is 2.56. The molecule has 0 spiro atoms. The Morgan fingerprint density at radius 2 is 2.25 bits per heavy atom. The summed E-state index contributed by atoms with van der Waals surface area (Å²) in [6.07, 6.45) is 5.70. The molecule has 2 atom stereocenters. The van der Waals surface area contributed by atoms with Crippen LogP contribution in [0, 0.1) is 6.92 Å². The van der Waals surface area contributed by atoms with Gasteiger partial charge in [-0.25, -0.2) is 9.97 Å². The molecule has 4 heterocycles. The second-order valence-electron chi connectivity index (χ2n) is 6.10. The Labute approximate surface area is 143 Å². The van der Waals surface area contributed by atoms with Crippen LogP contribution in [0.5, 0.6) is 0 Å². The van der Waals surface area contributed by atoms with E-state index in [9.17, 15) is 9.59 Å². The number of likely N-dealkylation sites (tertiary alicyclic amines) is 2. The van der Waals surface area contributed by atoms with E-state index in [0.717, 1.165) is 17.1 Å². The number of aromatic nitrogens is 3. The van der Waals surface area contributed by atoms with Gasteiger partial charge < -0.3 is 9.80 Å². The summed E-state index contributed by atoms with van der Waals surface area (Å²) in [6, 6.07) is -0.00753. The zero-order valence-electron chi connectivity index (χ0n) is 13.3. The summed E-state index contributed by atoms with van der Waals surface area (Å²) in [6.45, 7) is 3.13. The minimum Gasteiger partial charge on any atom is -0.332 e. The van der Waals surface area contributed by atoms with E-state index in [1.54, 1.807) is 22.4 Å². The van der Waals surface area contributed by atoms with Crippen molar-refractivity contribution in [2.24, 2.45) is 0 Å². The van der Waals surface area contributed by atoms with Crippen molar-refractivity contribution in [2.75, 3.05) is 6.54 Å². The van der Waals surface area contributed by atoms with Gasteiger partial charge in [0.05, 0.1) is 35.5 Å². The lowest BCUT2D eigenvalue weighted by Crippen LogP contribution is -2.40. The van der Waals surface area contributed by atoms with Gasteiger partial charge >= 0.3 is 0 Å². The Balaban J connectivity index is 1.52. The van der Waals surface area contributed by atoms with Crippen LogP contribution in [0.1, 0.15) is 34.0 Å². The number of fused-ring (bicyclic) bond motifs is 1. The SMILES string of the molecule is Cc1nc(CN2C(=O)CC3C2CCN3C(=O)c2cnccn2)cs1. The maximum Gasteiger partial charge on any atom is 0.274 e. The van der Waals surface area contributed by atoms with Crippen molar-refractivity contribution < 1.29 is 9.59 Å². The molecular formula is C16H17N5O2S. The zero-order valence-corrected chi connectivity index (χ0v) is 14.1. The van der Waals surface area contributed by atoms with E-state index in [-0.39, 0.29) is 23.9 Å². The monoisotopic (exact) mass is 343 g/mol. The number of aryl methyl sites for hydroxylation is 1. The summed E-state index contributed by atoms with van der Waals surface area (Å²) in [5.74, 6) is -0.0537. The van der Waals surface area contributed by atoms with Crippen molar-refractivity contribution in [1.82, 2.24) is 24.8 Å². The predicted octanol–water partition coefficient (Wildman–Crippen LogP) is 1.26. The second-order valence-corrected chi connectivity index (χ2v) is 7.16. The van der Waals surface area contributed by atoms with E-state index in [1.165, 1.54) is 12.4 Å². The van der Waals surface area contributed by atoms with Crippen molar-refractivity contribution in [1.29, 1.82) is 0 Å². The van der Waals surface area contributed by atoms with Gasteiger partial charge in [-0.2, -0.15) is 0 Å². The van der Waals surface area contributed by atoms with E-state index in [1.807, 2.05) is 17.2 Å². The fraction of sp³-hybridized carbons (Fsp3) is 0.438. The van der Waals surface area contributed by atoms with Gasteiger partial charge in [-0.05, 0) is 13.3 Å². The summed E-state index contributed by atoms with van der Waals surface area (Å²) in [4.78, 5) is 41.2. The standard InChI is InChI=1S/C16H17N5O2S/c1-10-19-11(9-24-10)8-21-13-2-5-20(14(13)6-15(21)22)16(23)12-7-17-3-4-18-12/h3-4,7,9,13-14H,2,5-6,8H2,1H3. The van der Waals surface area contributed by atoms with Gasteiger partial charge in [0.1, 0.15) is 5.69 Å². The highest BCUT2D eigenvalue weighted by Crippen LogP contribution is 2.34. The lowest BCUT2D eigenvalue weighted by molar-refractivity contribution is -0.129. The van der Waals surface area contributed by atoms with Gasteiger partial charge in [-0.15, -0.1) is 11.3 Å². The molecule has 0 bridgehead atoms. The lowest BCUT2D eigenvalue weighted by Gasteiger charge is -2.24. The molecule has 4 rings (SSSR count). The fourth-order valence-corrected chi connectivity index (χ4v) is 4.20. The minimum atomic E-state index is -0.144. The smallest absolute Gasteiger partial charge is 0.274 e. The molecule has 2 aliphatic heterocycles. The predicted molar refractivity (Wildman–Crippen MR) is 87.3 cm³/mol. The maximum atomic E-state index is 12.6. The lowest BCUT2D eigenvalue weighted by atomic mass is 10.1. The summed E-state index contributed by atoms with van der Waals surface area (Å²) >= 11 is 1.59. The summed E-state index contributed by atoms with van der Waals surface area (Å²) in [7, 11) is 0. The number of amides is 2. The van der Waals surface area contributed by atoms with Crippen LogP contribution in [-0.4, -0.2) is 55.2 Å². The van der Waals surface area contributed by atoms with E-state index < -0.39 is 0 Å². The Kier molecular flexibility index (Phi) is 3.76. The Morgan fingerprint density at radius 1 is 1.38 bits per heavy atom. The van der Waals surface area contributed by atoms with Gasteiger partial charge in [0.25, 0.3) is 5.91 Å². The van der Waals surface area contributed by atoms with E-state index >= 15 is 0 Å². The Morgan fingerprint density at radius 3 is 2.96 bits per heavy atom. The number of nitrogens with zero attached hydrogens (tertiary/aromatic N) is 5. The summed E-state index contributed by atoms with van der Waals surface area (Å²) in [5.41, 5.74) is 1.25. The number of thiazole rings is 1. The first-order valence-corrected chi connectivity index (χ1v) is 8.79. The van der Waals surface area contributed by atoms with Crippen LogP contribution in [0.3, 0.4) is 0 Å². The van der Waals surface area contributed by atoms with Crippen LogP contribution in [0.15, 0.2) is 24.0 Å². The van der Waals surface area contributed by atoms with E-state index in [4.69, 9.17) is 0 Å². The second kappa shape index (κ2) is 5.94. The van der Waals surface area contributed by atoms with E-state index in [0.29, 0.717) is 25.2 Å². The summed E-state index contributed by atoms with van der Waals surface area (Å²) in [5, 5.41) is 2.99. The molecule has 0 aliphatic carbocycles. The molecule has 2 saturated heterocycles. The van der Waals surface area contributed by atoms with Crippen LogP contribution in [-0.2, 0) is 11.3 Å². The third-order valence-electron chi connectivity index (χ3n) is 4.66. The number of hydrogen-bond acceptors (Lipinski definition) is 6. The molecule has 8 heteroatoms. The molecular weight excluding hydrogens is 326 g/mol. The van der Waals surface area contributed by atoms with Crippen molar-refractivity contribution in [3.63, 3.8) is 0 Å². The molecule has 2 fully saturated rings. The highest BCUT2D eigenvalue weighted by molar-refractivity contribution is 7.09. The molecule has 2 aromatic heterocycles. The average molecular weight is 343 g/mol. The van der Waals surface area contributed by atoms with Crippen molar-refractivity contribution in [3.8, 4) is 0 Å². The van der Waals surface area contributed by atoms with Crippen molar-refractivity contribution in [3.05, 3.63) is 40.4 Å². The Bertz CT molecular complexity index is 778. The topological polar surface area (TPSA) is 79.3 Å². The largest absolute Gasteiger partial charge is 0.332 e. The highest BCUT2D eigenvalue weighted by atomic mass is 32.1. The zero-order chi connectivity index (χ0) is 16.7. The third-order valence-corrected chi connectivity index (χ3v) is 5.48. The van der Waals surface area contributed by atoms with Crippen molar-refractivity contribution in [2.45, 2.75) is 38.4 Å². The first-order valence-electron chi connectivity index (χ1n) is 7.91. The molecule has 2 aromatic rings. The molecule has 2 aliphatic rings. The molecule has 7 nitrogen and oxygen atoms in total. The van der Waals surface area contributed by atoms with Crippen LogP contribution < -0.4 is 0 Å². The molecule has 24 heavy (non-hydrogen) atoms. The average Bonchev–Trinajstić information content (AvgIpc) is 3.26. The molecule has 0 saturated carbocycles. The normalized spacial score (nSPS) is 23.0. The van der Waals surface area contributed by atoms with Gasteiger partial charge in [0.2, 0.25) is 5.91 Å². The van der Waals surface area contributed by atoms with Crippen LogP contribution >= 0.6 is 11.3 Å². The van der Waals surface area contributed by atoms with Gasteiger partial charge in [-0.3, -0.25) is 14.6 Å². The molecule has 0 aromatic carbocycles.